The maximum Gasteiger partial charge on any atom is 0.179 e. The van der Waals surface area contributed by atoms with E-state index in [1.165, 1.54) is 6.42 Å². The van der Waals surface area contributed by atoms with E-state index in [0.717, 1.165) is 36.9 Å². The van der Waals surface area contributed by atoms with Gasteiger partial charge in [0.25, 0.3) is 0 Å². The van der Waals surface area contributed by atoms with Crippen LogP contribution in [0.5, 0.6) is 0 Å². The van der Waals surface area contributed by atoms with Crippen molar-refractivity contribution in [3.63, 3.8) is 0 Å². The second-order valence-electron chi connectivity index (χ2n) is 4.69. The molecule has 2 heterocycles. The van der Waals surface area contributed by atoms with Crippen LogP contribution in [-0.4, -0.2) is 15.0 Å². The number of hydrogen-bond donors (Lipinski definition) is 0. The lowest BCUT2D eigenvalue weighted by molar-refractivity contribution is 0.709. The smallest absolute Gasteiger partial charge is 0.179 e. The van der Waals surface area contributed by atoms with Crippen molar-refractivity contribution in [3.8, 4) is 11.5 Å². The van der Waals surface area contributed by atoms with E-state index < -0.39 is 0 Å². The van der Waals surface area contributed by atoms with Gasteiger partial charge in [-0.1, -0.05) is 29.6 Å². The molecule has 0 aromatic carbocycles. The number of fused-ring (bicyclic) bond motifs is 1. The highest BCUT2D eigenvalue weighted by Gasteiger charge is 2.16. The Morgan fingerprint density at radius 1 is 0.947 bits per heavy atom. The summed E-state index contributed by atoms with van der Waals surface area (Å²) in [6.45, 7) is 0. The van der Waals surface area contributed by atoms with Gasteiger partial charge in [-0.15, -0.1) is 0 Å². The van der Waals surface area contributed by atoms with Crippen molar-refractivity contribution in [2.24, 2.45) is 0 Å². The van der Waals surface area contributed by atoms with E-state index >= 15 is 0 Å². The number of aryl methyl sites for hydroxylation is 1. The van der Waals surface area contributed by atoms with E-state index in [0.29, 0.717) is 21.7 Å². The third kappa shape index (κ3) is 2.72. The van der Waals surface area contributed by atoms with Gasteiger partial charge < -0.3 is 0 Å². The summed E-state index contributed by atoms with van der Waals surface area (Å²) >= 11 is 12.1. The standard InChI is InChI=1S/C14H13Cl2N3/c15-9-6-7-12(17-8-9)14-18-11-5-3-1-2-4-10(11)13(16)19-14/h6-8H,1-5H2. The number of pyridine rings is 1. The van der Waals surface area contributed by atoms with Crippen molar-refractivity contribution in [2.75, 3.05) is 0 Å². The third-order valence-corrected chi connectivity index (χ3v) is 3.88. The lowest BCUT2D eigenvalue weighted by atomic mass is 10.1. The van der Waals surface area contributed by atoms with E-state index in [4.69, 9.17) is 23.2 Å². The zero-order valence-corrected chi connectivity index (χ0v) is 11.9. The van der Waals surface area contributed by atoms with Crippen LogP contribution in [0.2, 0.25) is 10.2 Å². The van der Waals surface area contributed by atoms with Crippen LogP contribution in [0.1, 0.15) is 30.5 Å². The SMILES string of the molecule is Clc1ccc(-c2nc(Cl)c3c(n2)CCCCC3)nc1. The first-order valence-electron chi connectivity index (χ1n) is 6.41. The molecule has 0 unspecified atom stereocenters. The van der Waals surface area contributed by atoms with Crippen molar-refractivity contribution in [1.29, 1.82) is 0 Å². The largest absolute Gasteiger partial charge is 0.251 e. The average Bonchev–Trinajstić information content (AvgIpc) is 2.65. The molecule has 0 N–H and O–H groups in total. The van der Waals surface area contributed by atoms with Crippen molar-refractivity contribution in [3.05, 3.63) is 39.8 Å². The Kier molecular flexibility index (Phi) is 3.67. The van der Waals surface area contributed by atoms with Crippen molar-refractivity contribution in [2.45, 2.75) is 32.1 Å². The Morgan fingerprint density at radius 3 is 2.58 bits per heavy atom. The number of rotatable bonds is 1. The van der Waals surface area contributed by atoms with Gasteiger partial charge in [-0.05, 0) is 37.8 Å². The maximum atomic E-state index is 6.30. The Hall–Kier alpha value is -1.19. The first-order chi connectivity index (χ1) is 9.24. The molecule has 0 spiro atoms. The normalized spacial score (nSPS) is 14.8. The summed E-state index contributed by atoms with van der Waals surface area (Å²) in [7, 11) is 0. The minimum Gasteiger partial charge on any atom is -0.251 e. The zero-order chi connectivity index (χ0) is 13.2. The van der Waals surface area contributed by atoms with Gasteiger partial charge in [0.1, 0.15) is 10.8 Å². The molecule has 2 aromatic rings. The minimum atomic E-state index is 0.568. The molecular weight excluding hydrogens is 281 g/mol. The summed E-state index contributed by atoms with van der Waals surface area (Å²) in [4.78, 5) is 13.3. The fourth-order valence-corrected chi connectivity index (χ4v) is 2.74. The Morgan fingerprint density at radius 2 is 1.79 bits per heavy atom. The molecule has 3 rings (SSSR count). The molecule has 0 aliphatic heterocycles. The molecule has 0 amide bonds. The molecule has 19 heavy (non-hydrogen) atoms. The predicted molar refractivity (Wildman–Crippen MR) is 76.5 cm³/mol. The van der Waals surface area contributed by atoms with Crippen LogP contribution in [0.3, 0.4) is 0 Å². The number of nitrogens with zero attached hydrogens (tertiary/aromatic N) is 3. The molecule has 0 saturated heterocycles. The Bertz CT molecular complexity index is 596. The maximum absolute atomic E-state index is 6.30. The highest BCUT2D eigenvalue weighted by molar-refractivity contribution is 6.30. The number of hydrogen-bond acceptors (Lipinski definition) is 3. The Labute approximate surface area is 122 Å². The van der Waals surface area contributed by atoms with E-state index in [1.54, 1.807) is 12.3 Å². The van der Waals surface area contributed by atoms with Crippen LogP contribution in [0.25, 0.3) is 11.5 Å². The van der Waals surface area contributed by atoms with Gasteiger partial charge in [0.15, 0.2) is 5.82 Å². The van der Waals surface area contributed by atoms with E-state index in [-0.39, 0.29) is 0 Å². The van der Waals surface area contributed by atoms with Gasteiger partial charge in [0.05, 0.1) is 5.02 Å². The predicted octanol–water partition coefficient (Wildman–Crippen LogP) is 4.11. The molecule has 5 heteroatoms. The lowest BCUT2D eigenvalue weighted by Crippen LogP contribution is -2.02. The van der Waals surface area contributed by atoms with Crippen LogP contribution >= 0.6 is 23.2 Å². The highest BCUT2D eigenvalue weighted by atomic mass is 35.5. The second-order valence-corrected chi connectivity index (χ2v) is 5.48. The molecule has 2 aromatic heterocycles. The third-order valence-electron chi connectivity index (χ3n) is 3.34. The molecule has 1 aliphatic carbocycles. The van der Waals surface area contributed by atoms with Crippen molar-refractivity contribution in [1.82, 2.24) is 15.0 Å². The molecule has 0 bridgehead atoms. The molecule has 0 saturated carbocycles. The second kappa shape index (κ2) is 5.43. The van der Waals surface area contributed by atoms with E-state index in [9.17, 15) is 0 Å². The molecule has 98 valence electrons. The summed E-state index contributed by atoms with van der Waals surface area (Å²) in [6, 6.07) is 3.60. The summed E-state index contributed by atoms with van der Waals surface area (Å²) in [5, 5.41) is 1.17. The highest BCUT2D eigenvalue weighted by Crippen LogP contribution is 2.27. The molecule has 1 aliphatic rings. The minimum absolute atomic E-state index is 0.568. The molecule has 3 nitrogen and oxygen atoms in total. The van der Waals surface area contributed by atoms with Crippen LogP contribution in [0.15, 0.2) is 18.3 Å². The fourth-order valence-electron chi connectivity index (χ4n) is 2.35. The average molecular weight is 294 g/mol. The van der Waals surface area contributed by atoms with Crippen LogP contribution in [0, 0.1) is 0 Å². The summed E-state index contributed by atoms with van der Waals surface area (Å²) in [6.07, 6.45) is 7.09. The lowest BCUT2D eigenvalue weighted by Gasteiger charge is -2.09. The summed E-state index contributed by atoms with van der Waals surface area (Å²) < 4.78 is 0. The van der Waals surface area contributed by atoms with Crippen LogP contribution in [0.4, 0.5) is 0 Å². The van der Waals surface area contributed by atoms with Gasteiger partial charge in [0.2, 0.25) is 0 Å². The van der Waals surface area contributed by atoms with Gasteiger partial charge >= 0.3 is 0 Å². The van der Waals surface area contributed by atoms with E-state index in [1.807, 2.05) is 6.07 Å². The molecular formula is C14H13Cl2N3. The first-order valence-corrected chi connectivity index (χ1v) is 7.17. The summed E-state index contributed by atoms with van der Waals surface area (Å²) in [5.41, 5.74) is 2.89. The number of aromatic nitrogens is 3. The topological polar surface area (TPSA) is 38.7 Å². The molecule has 0 fully saturated rings. The van der Waals surface area contributed by atoms with Crippen molar-refractivity contribution >= 4 is 23.2 Å². The van der Waals surface area contributed by atoms with Crippen LogP contribution in [-0.2, 0) is 12.8 Å². The zero-order valence-electron chi connectivity index (χ0n) is 10.4. The quantitative estimate of drug-likeness (QED) is 0.586. The van der Waals surface area contributed by atoms with Gasteiger partial charge in [-0.2, -0.15) is 0 Å². The number of halogens is 2. The van der Waals surface area contributed by atoms with Crippen LogP contribution < -0.4 is 0 Å². The van der Waals surface area contributed by atoms with E-state index in [2.05, 4.69) is 15.0 Å². The Balaban J connectivity index is 2.06. The van der Waals surface area contributed by atoms with Gasteiger partial charge in [-0.3, -0.25) is 4.98 Å². The van der Waals surface area contributed by atoms with Crippen molar-refractivity contribution < 1.29 is 0 Å². The molecule has 0 atom stereocenters. The monoisotopic (exact) mass is 293 g/mol. The summed E-state index contributed by atoms with van der Waals surface area (Å²) in [5.74, 6) is 0.585. The van der Waals surface area contributed by atoms with Gasteiger partial charge in [-0.25, -0.2) is 9.97 Å². The fraction of sp³-hybridized carbons (Fsp3) is 0.357. The van der Waals surface area contributed by atoms with Gasteiger partial charge in [0, 0.05) is 17.5 Å². The molecule has 0 radical (unpaired) electrons. The first kappa shape index (κ1) is 12.8.